The smallest absolute Gasteiger partial charge is 0.276 e. The largest absolute Gasteiger partial charge is 0.506 e. The summed E-state index contributed by atoms with van der Waals surface area (Å²) in [7, 11) is 0. The zero-order chi connectivity index (χ0) is 17.2. The molecule has 0 unspecified atom stereocenters. The van der Waals surface area contributed by atoms with E-state index in [2.05, 4.69) is 20.3 Å². The SMILES string of the molecule is O=C(Nc1ccccc1O)c1nccnc1-c1nc2ccccc2s1. The zero-order valence-electron chi connectivity index (χ0n) is 12.9. The highest BCUT2D eigenvalue weighted by Gasteiger charge is 2.19. The predicted molar refractivity (Wildman–Crippen MR) is 96.7 cm³/mol. The second kappa shape index (κ2) is 6.29. The lowest BCUT2D eigenvalue weighted by Crippen LogP contribution is -2.15. The standard InChI is InChI=1S/C18H12N4O2S/c23-13-7-3-1-5-11(13)21-17(24)15-16(20-10-9-19-15)18-22-12-6-2-4-8-14(12)25-18/h1-10,23H,(H,21,24). The molecule has 2 heterocycles. The molecule has 0 saturated heterocycles. The van der Waals surface area contributed by atoms with Crippen molar-refractivity contribution in [3.8, 4) is 16.5 Å². The van der Waals surface area contributed by atoms with Crippen molar-refractivity contribution in [1.29, 1.82) is 0 Å². The van der Waals surface area contributed by atoms with E-state index in [9.17, 15) is 9.90 Å². The number of hydrogen-bond acceptors (Lipinski definition) is 6. The van der Waals surface area contributed by atoms with Crippen LogP contribution >= 0.6 is 11.3 Å². The quantitative estimate of drug-likeness (QED) is 0.551. The normalized spacial score (nSPS) is 10.7. The number of benzene rings is 2. The van der Waals surface area contributed by atoms with Gasteiger partial charge in [-0.1, -0.05) is 24.3 Å². The third-order valence-corrected chi connectivity index (χ3v) is 4.61. The number of nitrogens with one attached hydrogen (secondary N) is 1. The second-order valence-corrected chi connectivity index (χ2v) is 6.24. The van der Waals surface area contributed by atoms with E-state index in [4.69, 9.17) is 0 Å². The molecule has 0 aliphatic carbocycles. The summed E-state index contributed by atoms with van der Waals surface area (Å²) >= 11 is 1.45. The Balaban J connectivity index is 1.74. The van der Waals surface area contributed by atoms with Gasteiger partial charge in [0.05, 0.1) is 15.9 Å². The lowest BCUT2D eigenvalue weighted by Gasteiger charge is -2.08. The number of rotatable bonds is 3. The highest BCUT2D eigenvalue weighted by atomic mass is 32.1. The van der Waals surface area contributed by atoms with Gasteiger partial charge < -0.3 is 10.4 Å². The number of fused-ring (bicyclic) bond motifs is 1. The van der Waals surface area contributed by atoms with Gasteiger partial charge in [-0.3, -0.25) is 4.79 Å². The van der Waals surface area contributed by atoms with Gasteiger partial charge in [0, 0.05) is 12.4 Å². The Morgan fingerprint density at radius 2 is 1.76 bits per heavy atom. The van der Waals surface area contributed by atoms with Gasteiger partial charge in [0.2, 0.25) is 0 Å². The van der Waals surface area contributed by atoms with Gasteiger partial charge in [-0.2, -0.15) is 0 Å². The number of aromatic nitrogens is 3. The number of thiazole rings is 1. The fourth-order valence-corrected chi connectivity index (χ4v) is 3.36. The van der Waals surface area contributed by atoms with Crippen molar-refractivity contribution in [3.05, 3.63) is 66.6 Å². The van der Waals surface area contributed by atoms with E-state index in [1.165, 1.54) is 29.8 Å². The van der Waals surface area contributed by atoms with E-state index >= 15 is 0 Å². The van der Waals surface area contributed by atoms with Crippen LogP contribution in [0.5, 0.6) is 5.75 Å². The maximum atomic E-state index is 12.6. The van der Waals surface area contributed by atoms with Crippen molar-refractivity contribution in [2.75, 3.05) is 5.32 Å². The number of anilines is 1. The molecule has 25 heavy (non-hydrogen) atoms. The molecule has 0 aliphatic rings. The van der Waals surface area contributed by atoms with E-state index in [0.29, 0.717) is 16.4 Å². The Hall–Kier alpha value is -3.32. The van der Waals surface area contributed by atoms with E-state index in [1.54, 1.807) is 18.2 Å². The number of aromatic hydroxyl groups is 1. The fourth-order valence-electron chi connectivity index (χ4n) is 2.40. The molecule has 0 atom stereocenters. The molecule has 0 aliphatic heterocycles. The third kappa shape index (κ3) is 2.92. The summed E-state index contributed by atoms with van der Waals surface area (Å²) in [5.74, 6) is -0.467. The van der Waals surface area contributed by atoms with E-state index in [0.717, 1.165) is 10.2 Å². The molecule has 0 spiro atoms. The van der Waals surface area contributed by atoms with E-state index in [-0.39, 0.29) is 11.4 Å². The minimum Gasteiger partial charge on any atom is -0.506 e. The van der Waals surface area contributed by atoms with Crippen LogP contribution in [0.3, 0.4) is 0 Å². The Bertz CT molecular complexity index is 1040. The number of carbonyl (C=O) groups is 1. The Morgan fingerprint density at radius 1 is 1.00 bits per heavy atom. The van der Waals surface area contributed by atoms with Crippen LogP contribution in [0.4, 0.5) is 5.69 Å². The number of phenolic OH excluding ortho intramolecular Hbond substituents is 1. The molecule has 122 valence electrons. The Labute approximate surface area is 146 Å². The summed E-state index contributed by atoms with van der Waals surface area (Å²) in [6, 6.07) is 14.2. The molecule has 7 heteroatoms. The van der Waals surface area contributed by atoms with Crippen molar-refractivity contribution < 1.29 is 9.90 Å². The molecule has 0 fully saturated rings. The summed E-state index contributed by atoms with van der Waals surface area (Å²) in [5, 5.41) is 13.1. The van der Waals surface area contributed by atoms with E-state index in [1.807, 2.05) is 24.3 Å². The van der Waals surface area contributed by atoms with Gasteiger partial charge in [-0.15, -0.1) is 11.3 Å². The van der Waals surface area contributed by atoms with Crippen LogP contribution in [-0.2, 0) is 0 Å². The van der Waals surface area contributed by atoms with Gasteiger partial charge >= 0.3 is 0 Å². The fraction of sp³-hybridized carbons (Fsp3) is 0. The highest BCUT2D eigenvalue weighted by Crippen LogP contribution is 2.30. The van der Waals surface area contributed by atoms with Crippen LogP contribution in [0.1, 0.15) is 10.5 Å². The van der Waals surface area contributed by atoms with Gasteiger partial charge in [0.25, 0.3) is 5.91 Å². The van der Waals surface area contributed by atoms with Crippen LogP contribution in [0.25, 0.3) is 20.9 Å². The topological polar surface area (TPSA) is 88.0 Å². The van der Waals surface area contributed by atoms with Crippen LogP contribution in [0.15, 0.2) is 60.9 Å². The van der Waals surface area contributed by atoms with Gasteiger partial charge in [0.15, 0.2) is 5.69 Å². The summed E-state index contributed by atoms with van der Waals surface area (Å²) in [4.78, 5) is 25.6. The first-order chi connectivity index (χ1) is 12.2. The number of para-hydroxylation sites is 3. The number of nitrogens with zero attached hydrogens (tertiary/aromatic N) is 3. The molecule has 2 N–H and O–H groups in total. The summed E-state index contributed by atoms with van der Waals surface area (Å²) in [6.07, 6.45) is 2.98. The number of phenols is 1. The first-order valence-corrected chi connectivity index (χ1v) is 8.30. The molecule has 6 nitrogen and oxygen atoms in total. The maximum Gasteiger partial charge on any atom is 0.276 e. The van der Waals surface area contributed by atoms with Crippen molar-refractivity contribution in [1.82, 2.24) is 15.0 Å². The molecule has 0 radical (unpaired) electrons. The van der Waals surface area contributed by atoms with Gasteiger partial charge in [-0.25, -0.2) is 15.0 Å². The van der Waals surface area contributed by atoms with Gasteiger partial charge in [-0.05, 0) is 24.3 Å². The first-order valence-electron chi connectivity index (χ1n) is 7.48. The van der Waals surface area contributed by atoms with Crippen molar-refractivity contribution in [2.45, 2.75) is 0 Å². The monoisotopic (exact) mass is 348 g/mol. The molecule has 0 saturated carbocycles. The van der Waals surface area contributed by atoms with Crippen LogP contribution in [0.2, 0.25) is 0 Å². The lowest BCUT2D eigenvalue weighted by atomic mass is 10.2. The van der Waals surface area contributed by atoms with Crippen molar-refractivity contribution in [3.63, 3.8) is 0 Å². The van der Waals surface area contributed by atoms with Crippen molar-refractivity contribution in [2.24, 2.45) is 0 Å². The summed E-state index contributed by atoms with van der Waals surface area (Å²) in [6.45, 7) is 0. The van der Waals surface area contributed by atoms with Crippen LogP contribution in [0, 0.1) is 0 Å². The first kappa shape index (κ1) is 15.2. The van der Waals surface area contributed by atoms with E-state index < -0.39 is 5.91 Å². The average molecular weight is 348 g/mol. The number of hydrogen-bond donors (Lipinski definition) is 2. The molecule has 4 aromatic rings. The third-order valence-electron chi connectivity index (χ3n) is 3.56. The second-order valence-electron chi connectivity index (χ2n) is 5.21. The molecule has 2 aromatic heterocycles. The lowest BCUT2D eigenvalue weighted by molar-refractivity contribution is 0.102. The number of carbonyl (C=O) groups excluding carboxylic acids is 1. The average Bonchev–Trinajstić information content (AvgIpc) is 3.07. The molecule has 1 amide bonds. The molecule has 0 bridgehead atoms. The Kier molecular flexibility index (Phi) is 3.83. The van der Waals surface area contributed by atoms with Gasteiger partial charge in [0.1, 0.15) is 16.5 Å². The zero-order valence-corrected chi connectivity index (χ0v) is 13.7. The molecule has 4 rings (SSSR count). The van der Waals surface area contributed by atoms with Crippen molar-refractivity contribution >= 4 is 33.1 Å². The predicted octanol–water partition coefficient (Wildman–Crippen LogP) is 3.71. The Morgan fingerprint density at radius 3 is 2.60 bits per heavy atom. The molecular weight excluding hydrogens is 336 g/mol. The maximum absolute atomic E-state index is 12.6. The van der Waals surface area contributed by atoms with Crippen LogP contribution < -0.4 is 5.32 Å². The highest BCUT2D eigenvalue weighted by molar-refractivity contribution is 7.21. The number of amides is 1. The minimum absolute atomic E-state index is 0.0127. The minimum atomic E-state index is -0.455. The summed E-state index contributed by atoms with van der Waals surface area (Å²) in [5.41, 5.74) is 1.73. The molecular formula is C18H12N4O2S. The van der Waals surface area contributed by atoms with Crippen LogP contribution in [-0.4, -0.2) is 26.0 Å². The summed E-state index contributed by atoms with van der Waals surface area (Å²) < 4.78 is 1.01. The molecule has 2 aromatic carbocycles.